The monoisotopic (exact) mass is 122 g/mol. The van der Waals surface area contributed by atoms with E-state index in [1.54, 1.807) is 0 Å². The zero-order valence-corrected chi connectivity index (χ0v) is 4.78. The van der Waals surface area contributed by atoms with E-state index in [-0.39, 0.29) is 5.95 Å². The van der Waals surface area contributed by atoms with E-state index < -0.39 is 0 Å². The fraction of sp³-hybridized carbons (Fsp3) is 0.200. The van der Waals surface area contributed by atoms with Gasteiger partial charge < -0.3 is 5.73 Å². The SMILES string of the molecule is C#CCn1cnc(N)n1. The summed E-state index contributed by atoms with van der Waals surface area (Å²) in [5.41, 5.74) is 5.20. The minimum absolute atomic E-state index is 0.255. The summed E-state index contributed by atoms with van der Waals surface area (Å²) in [6.07, 6.45) is 6.49. The molecule has 0 saturated heterocycles. The van der Waals surface area contributed by atoms with Crippen LogP contribution < -0.4 is 5.73 Å². The van der Waals surface area contributed by atoms with E-state index in [2.05, 4.69) is 16.0 Å². The van der Waals surface area contributed by atoms with Crippen molar-refractivity contribution >= 4 is 5.95 Å². The van der Waals surface area contributed by atoms with Gasteiger partial charge in [-0.2, -0.15) is 0 Å². The van der Waals surface area contributed by atoms with Gasteiger partial charge in [0.25, 0.3) is 0 Å². The molecule has 0 aliphatic rings. The molecule has 46 valence electrons. The molecule has 0 unspecified atom stereocenters. The quantitative estimate of drug-likeness (QED) is 0.510. The number of nitrogens with two attached hydrogens (primary N) is 1. The second kappa shape index (κ2) is 2.18. The molecule has 1 rings (SSSR count). The van der Waals surface area contributed by atoms with Crippen LogP contribution in [-0.4, -0.2) is 14.8 Å². The Hall–Kier alpha value is -1.50. The van der Waals surface area contributed by atoms with Gasteiger partial charge in [-0.3, -0.25) is 0 Å². The van der Waals surface area contributed by atoms with Crippen LogP contribution in [0.2, 0.25) is 0 Å². The largest absolute Gasteiger partial charge is 0.367 e. The Labute approximate surface area is 52.7 Å². The molecule has 2 N–H and O–H groups in total. The van der Waals surface area contributed by atoms with Gasteiger partial charge in [-0.1, -0.05) is 5.92 Å². The average molecular weight is 122 g/mol. The molecule has 9 heavy (non-hydrogen) atoms. The van der Waals surface area contributed by atoms with Crippen LogP contribution in [-0.2, 0) is 6.54 Å². The standard InChI is InChI=1S/C5H6N4/c1-2-3-9-4-7-5(6)8-9/h1,4H,3H2,(H2,6,8). The molecule has 0 spiro atoms. The maximum atomic E-state index is 5.20. The van der Waals surface area contributed by atoms with Crippen LogP contribution in [0.3, 0.4) is 0 Å². The first-order chi connectivity index (χ1) is 4.33. The highest BCUT2D eigenvalue weighted by atomic mass is 15.3. The van der Waals surface area contributed by atoms with Crippen molar-refractivity contribution in [2.45, 2.75) is 6.54 Å². The topological polar surface area (TPSA) is 56.7 Å². The Balaban J connectivity index is 2.76. The first kappa shape index (κ1) is 5.63. The molecule has 1 aromatic rings. The lowest BCUT2D eigenvalue weighted by molar-refractivity contribution is 0.716. The van der Waals surface area contributed by atoms with Crippen molar-refractivity contribution in [3.05, 3.63) is 6.33 Å². The third kappa shape index (κ3) is 1.19. The fourth-order valence-electron chi connectivity index (χ4n) is 0.479. The van der Waals surface area contributed by atoms with Crippen molar-refractivity contribution in [2.24, 2.45) is 0 Å². The van der Waals surface area contributed by atoms with Crippen molar-refractivity contribution in [3.63, 3.8) is 0 Å². The molecule has 0 aromatic carbocycles. The van der Waals surface area contributed by atoms with Gasteiger partial charge in [0.2, 0.25) is 5.95 Å². The Bertz CT molecular complexity index is 231. The Kier molecular flexibility index (Phi) is 1.36. The van der Waals surface area contributed by atoms with Gasteiger partial charge in [0, 0.05) is 0 Å². The van der Waals surface area contributed by atoms with Crippen LogP contribution in [0.4, 0.5) is 5.95 Å². The summed E-state index contributed by atoms with van der Waals surface area (Å²) in [7, 11) is 0. The van der Waals surface area contributed by atoms with Gasteiger partial charge in [-0.15, -0.1) is 11.5 Å². The van der Waals surface area contributed by atoms with Crippen LogP contribution in [0.5, 0.6) is 0 Å². The molecule has 0 amide bonds. The van der Waals surface area contributed by atoms with Gasteiger partial charge in [0.05, 0.1) is 0 Å². The Morgan fingerprint density at radius 1 is 1.89 bits per heavy atom. The maximum Gasteiger partial charge on any atom is 0.239 e. The van der Waals surface area contributed by atoms with Crippen molar-refractivity contribution in [1.82, 2.24) is 14.8 Å². The summed E-state index contributed by atoms with van der Waals surface area (Å²) in [5.74, 6) is 2.66. The smallest absolute Gasteiger partial charge is 0.239 e. The van der Waals surface area contributed by atoms with E-state index in [0.717, 1.165) is 0 Å². The van der Waals surface area contributed by atoms with E-state index >= 15 is 0 Å². The summed E-state index contributed by atoms with van der Waals surface area (Å²) in [6, 6.07) is 0. The second-order valence-corrected chi connectivity index (χ2v) is 1.50. The van der Waals surface area contributed by atoms with E-state index in [9.17, 15) is 0 Å². The molecule has 0 fully saturated rings. The van der Waals surface area contributed by atoms with Gasteiger partial charge in [0.15, 0.2) is 0 Å². The van der Waals surface area contributed by atoms with Gasteiger partial charge in [-0.25, -0.2) is 9.67 Å². The normalized spacial score (nSPS) is 8.78. The molecule has 0 bridgehead atoms. The lowest BCUT2D eigenvalue weighted by Crippen LogP contribution is -1.96. The molecule has 0 radical (unpaired) electrons. The minimum atomic E-state index is 0.255. The first-order valence-corrected chi connectivity index (χ1v) is 2.41. The molecule has 4 heteroatoms. The van der Waals surface area contributed by atoms with Crippen molar-refractivity contribution < 1.29 is 0 Å². The molecular formula is C5H6N4. The van der Waals surface area contributed by atoms with Crippen molar-refractivity contribution in [2.75, 3.05) is 5.73 Å². The summed E-state index contributed by atoms with van der Waals surface area (Å²) < 4.78 is 1.50. The lowest BCUT2D eigenvalue weighted by Gasteiger charge is -1.86. The van der Waals surface area contributed by atoms with Crippen LogP contribution >= 0.6 is 0 Å². The summed E-state index contributed by atoms with van der Waals surface area (Å²) in [4.78, 5) is 3.67. The van der Waals surface area contributed by atoms with Crippen LogP contribution in [0, 0.1) is 12.3 Å². The third-order valence-electron chi connectivity index (χ3n) is 0.807. The third-order valence-corrected chi connectivity index (χ3v) is 0.807. The minimum Gasteiger partial charge on any atom is -0.367 e. The van der Waals surface area contributed by atoms with E-state index in [1.165, 1.54) is 11.0 Å². The molecular weight excluding hydrogens is 116 g/mol. The van der Waals surface area contributed by atoms with Crippen LogP contribution in [0.15, 0.2) is 6.33 Å². The van der Waals surface area contributed by atoms with Crippen molar-refractivity contribution in [1.29, 1.82) is 0 Å². The van der Waals surface area contributed by atoms with Crippen LogP contribution in [0.25, 0.3) is 0 Å². The van der Waals surface area contributed by atoms with E-state index in [0.29, 0.717) is 6.54 Å². The summed E-state index contributed by atoms with van der Waals surface area (Å²) in [5, 5.41) is 3.74. The van der Waals surface area contributed by atoms with Crippen LogP contribution in [0.1, 0.15) is 0 Å². The number of anilines is 1. The molecule has 1 heterocycles. The van der Waals surface area contributed by atoms with Crippen molar-refractivity contribution in [3.8, 4) is 12.3 Å². The average Bonchev–Trinajstić information content (AvgIpc) is 2.17. The number of terminal acetylenes is 1. The van der Waals surface area contributed by atoms with E-state index in [4.69, 9.17) is 12.2 Å². The summed E-state index contributed by atoms with van der Waals surface area (Å²) in [6.45, 7) is 0.421. The highest BCUT2D eigenvalue weighted by Crippen LogP contribution is 1.86. The molecule has 0 aliphatic heterocycles. The molecule has 0 aliphatic carbocycles. The Morgan fingerprint density at radius 3 is 3.11 bits per heavy atom. The number of nitrogen functional groups attached to an aromatic ring is 1. The lowest BCUT2D eigenvalue weighted by atomic mass is 10.7. The van der Waals surface area contributed by atoms with Gasteiger partial charge in [0.1, 0.15) is 12.9 Å². The zero-order chi connectivity index (χ0) is 6.69. The maximum absolute atomic E-state index is 5.20. The number of aromatic nitrogens is 3. The van der Waals surface area contributed by atoms with Gasteiger partial charge >= 0.3 is 0 Å². The molecule has 0 atom stereocenters. The number of hydrogen-bond donors (Lipinski definition) is 1. The molecule has 4 nitrogen and oxygen atoms in total. The fourth-order valence-corrected chi connectivity index (χ4v) is 0.479. The predicted molar refractivity (Wildman–Crippen MR) is 33.3 cm³/mol. The molecule has 0 saturated carbocycles. The highest BCUT2D eigenvalue weighted by Gasteiger charge is 1.89. The van der Waals surface area contributed by atoms with Gasteiger partial charge in [-0.05, 0) is 0 Å². The first-order valence-electron chi connectivity index (χ1n) is 2.41. The highest BCUT2D eigenvalue weighted by molar-refractivity contribution is 5.09. The van der Waals surface area contributed by atoms with E-state index in [1.807, 2.05) is 0 Å². The second-order valence-electron chi connectivity index (χ2n) is 1.50. The number of nitrogens with zero attached hydrogens (tertiary/aromatic N) is 3. The zero-order valence-electron chi connectivity index (χ0n) is 4.78. The number of rotatable bonds is 1. The predicted octanol–water partition coefficient (Wildman–Crippen LogP) is -0.507. The summed E-state index contributed by atoms with van der Waals surface area (Å²) >= 11 is 0. The Morgan fingerprint density at radius 2 is 2.67 bits per heavy atom. The number of hydrogen-bond acceptors (Lipinski definition) is 3. The molecule has 1 aromatic heterocycles.